The largest absolute Gasteiger partial charge is 0.322 e. The van der Waals surface area contributed by atoms with E-state index in [4.69, 9.17) is 0 Å². The van der Waals surface area contributed by atoms with Gasteiger partial charge in [-0.1, -0.05) is 30.4 Å². The molecule has 1 amide bonds. The number of carbonyl (C=O) groups excluding carboxylic acids is 1. The average Bonchev–Trinajstić information content (AvgIpc) is 3.44. The van der Waals surface area contributed by atoms with Crippen molar-refractivity contribution in [3.05, 3.63) is 53.3 Å². The van der Waals surface area contributed by atoms with Crippen LogP contribution in [0.25, 0.3) is 26.6 Å². The van der Waals surface area contributed by atoms with Gasteiger partial charge in [0.05, 0.1) is 11.7 Å². The molecule has 29 heavy (non-hydrogen) atoms. The fraction of sp³-hybridized carbons (Fsp3) is 0.158. The number of rotatable bonds is 4. The standard InChI is InChI=1S/C19H15N7OS2/c1-3-16-21-22-19-26(16)23-18(28-19)12-5-4-10(2)14(9-12)20-17(27)11-6-7-13-15(8-11)25-29-24-13/h4-9H,3H2,1-2H3,(H,20,27). The topological polar surface area (TPSA) is 98.0 Å². The molecular weight excluding hydrogens is 406 g/mol. The van der Waals surface area contributed by atoms with E-state index < -0.39 is 0 Å². The number of fused-ring (bicyclic) bond motifs is 2. The molecule has 0 saturated heterocycles. The number of carbonyl (C=O) groups is 1. The van der Waals surface area contributed by atoms with Crippen LogP contribution in [0.4, 0.5) is 5.69 Å². The monoisotopic (exact) mass is 421 g/mol. The summed E-state index contributed by atoms with van der Waals surface area (Å²) in [4.78, 5) is 13.5. The Morgan fingerprint density at radius 3 is 2.83 bits per heavy atom. The first kappa shape index (κ1) is 17.8. The van der Waals surface area contributed by atoms with E-state index in [1.54, 1.807) is 16.6 Å². The summed E-state index contributed by atoms with van der Waals surface area (Å²) < 4.78 is 10.1. The molecule has 5 aromatic rings. The minimum Gasteiger partial charge on any atom is -0.322 e. The molecule has 0 fully saturated rings. The van der Waals surface area contributed by atoms with Gasteiger partial charge in [0, 0.05) is 23.2 Å². The van der Waals surface area contributed by atoms with Gasteiger partial charge in [-0.2, -0.15) is 18.4 Å². The van der Waals surface area contributed by atoms with Gasteiger partial charge in [0.25, 0.3) is 5.91 Å². The lowest BCUT2D eigenvalue weighted by atomic mass is 10.1. The van der Waals surface area contributed by atoms with E-state index >= 15 is 0 Å². The fourth-order valence-corrected chi connectivity index (χ4v) is 4.37. The minimum absolute atomic E-state index is 0.188. The van der Waals surface area contributed by atoms with E-state index in [9.17, 15) is 4.79 Å². The van der Waals surface area contributed by atoms with Crippen molar-refractivity contribution in [1.29, 1.82) is 0 Å². The average molecular weight is 422 g/mol. The van der Waals surface area contributed by atoms with Crippen LogP contribution in [0.5, 0.6) is 0 Å². The van der Waals surface area contributed by atoms with Crippen molar-refractivity contribution in [3.8, 4) is 10.6 Å². The lowest BCUT2D eigenvalue weighted by Crippen LogP contribution is -2.12. The van der Waals surface area contributed by atoms with Crippen molar-refractivity contribution in [3.63, 3.8) is 0 Å². The summed E-state index contributed by atoms with van der Waals surface area (Å²) in [6.45, 7) is 3.98. The summed E-state index contributed by atoms with van der Waals surface area (Å²) >= 11 is 2.61. The van der Waals surface area contributed by atoms with E-state index in [2.05, 4.69) is 29.4 Å². The molecule has 0 aliphatic carbocycles. The van der Waals surface area contributed by atoms with Crippen LogP contribution in [-0.4, -0.2) is 34.5 Å². The molecule has 5 rings (SSSR count). The highest BCUT2D eigenvalue weighted by atomic mass is 32.1. The molecule has 2 aromatic carbocycles. The maximum Gasteiger partial charge on any atom is 0.255 e. The second kappa shape index (κ2) is 6.98. The van der Waals surface area contributed by atoms with Crippen molar-refractivity contribution in [2.45, 2.75) is 20.3 Å². The normalized spacial score (nSPS) is 11.4. The summed E-state index contributed by atoms with van der Waals surface area (Å²) in [6.07, 6.45) is 0.762. The van der Waals surface area contributed by atoms with Gasteiger partial charge in [0.15, 0.2) is 5.82 Å². The third-order valence-corrected chi connectivity index (χ3v) is 6.12. The van der Waals surface area contributed by atoms with Gasteiger partial charge in [-0.3, -0.25) is 4.79 Å². The van der Waals surface area contributed by atoms with Crippen LogP contribution in [0.2, 0.25) is 0 Å². The number of aromatic nitrogens is 6. The number of aryl methyl sites for hydroxylation is 2. The quantitative estimate of drug-likeness (QED) is 0.471. The van der Waals surface area contributed by atoms with Crippen molar-refractivity contribution >= 4 is 50.7 Å². The predicted octanol–water partition coefficient (Wildman–Crippen LogP) is 3.98. The third kappa shape index (κ3) is 3.15. The molecule has 0 bridgehead atoms. The highest BCUT2D eigenvalue weighted by Gasteiger charge is 2.14. The first-order valence-electron chi connectivity index (χ1n) is 8.98. The van der Waals surface area contributed by atoms with Crippen LogP contribution in [0, 0.1) is 6.92 Å². The Balaban J connectivity index is 1.46. The van der Waals surface area contributed by atoms with E-state index in [1.807, 2.05) is 38.1 Å². The van der Waals surface area contributed by atoms with Crippen molar-refractivity contribution in [1.82, 2.24) is 28.6 Å². The summed E-state index contributed by atoms with van der Waals surface area (Å²) in [5.41, 5.74) is 4.68. The van der Waals surface area contributed by atoms with Gasteiger partial charge >= 0.3 is 0 Å². The van der Waals surface area contributed by atoms with Gasteiger partial charge in [-0.05, 0) is 36.8 Å². The number of anilines is 1. The van der Waals surface area contributed by atoms with Gasteiger partial charge < -0.3 is 5.32 Å². The summed E-state index contributed by atoms with van der Waals surface area (Å²) in [5.74, 6) is 0.640. The first-order valence-corrected chi connectivity index (χ1v) is 10.5. The number of benzene rings is 2. The zero-order valence-electron chi connectivity index (χ0n) is 15.6. The molecule has 0 saturated carbocycles. The van der Waals surface area contributed by atoms with Crippen molar-refractivity contribution in [2.24, 2.45) is 0 Å². The number of hydrogen-bond donors (Lipinski definition) is 1. The molecule has 8 nitrogen and oxygen atoms in total. The van der Waals surface area contributed by atoms with Gasteiger partial charge in [-0.25, -0.2) is 0 Å². The van der Waals surface area contributed by atoms with Crippen LogP contribution >= 0.6 is 23.1 Å². The maximum atomic E-state index is 12.8. The fourth-order valence-electron chi connectivity index (χ4n) is 3.00. The molecule has 0 spiro atoms. The Bertz CT molecular complexity index is 1370. The molecule has 1 N–H and O–H groups in total. The number of amides is 1. The molecule has 144 valence electrons. The lowest BCUT2D eigenvalue weighted by molar-refractivity contribution is 0.102. The van der Waals surface area contributed by atoms with Crippen LogP contribution in [0.3, 0.4) is 0 Å². The molecule has 0 unspecified atom stereocenters. The molecule has 3 heterocycles. The maximum absolute atomic E-state index is 12.8. The smallest absolute Gasteiger partial charge is 0.255 e. The van der Waals surface area contributed by atoms with E-state index in [0.29, 0.717) is 5.56 Å². The van der Waals surface area contributed by atoms with Crippen LogP contribution in [-0.2, 0) is 6.42 Å². The molecule has 0 aliphatic heterocycles. The predicted molar refractivity (Wildman–Crippen MR) is 114 cm³/mol. The van der Waals surface area contributed by atoms with E-state index in [1.165, 1.54) is 11.3 Å². The van der Waals surface area contributed by atoms with E-state index in [0.717, 1.165) is 61.8 Å². The molecular formula is C19H15N7OS2. The summed E-state index contributed by atoms with van der Waals surface area (Å²) in [5, 5.41) is 16.8. The Morgan fingerprint density at radius 2 is 1.97 bits per heavy atom. The highest BCUT2D eigenvalue weighted by Crippen LogP contribution is 2.29. The Morgan fingerprint density at radius 1 is 1.10 bits per heavy atom. The Labute approximate surface area is 173 Å². The highest BCUT2D eigenvalue weighted by molar-refractivity contribution is 7.19. The van der Waals surface area contributed by atoms with Crippen LogP contribution in [0.1, 0.15) is 28.7 Å². The SMILES string of the molecule is CCc1nnc2sc(-c3ccc(C)c(NC(=O)c4ccc5nsnc5c4)c3)nn12. The minimum atomic E-state index is -0.188. The summed E-state index contributed by atoms with van der Waals surface area (Å²) in [6, 6.07) is 11.2. The van der Waals surface area contributed by atoms with Crippen LogP contribution in [0.15, 0.2) is 36.4 Å². The second-order valence-corrected chi connectivity index (χ2v) is 8.01. The summed E-state index contributed by atoms with van der Waals surface area (Å²) in [7, 11) is 0. The third-order valence-electron chi connectivity index (χ3n) is 4.62. The Hall–Kier alpha value is -3.24. The molecule has 0 radical (unpaired) electrons. The van der Waals surface area contributed by atoms with Gasteiger partial charge in [-0.15, -0.1) is 10.2 Å². The molecule has 3 aromatic heterocycles. The van der Waals surface area contributed by atoms with Gasteiger partial charge in [0.2, 0.25) is 4.96 Å². The van der Waals surface area contributed by atoms with E-state index in [-0.39, 0.29) is 5.91 Å². The lowest BCUT2D eigenvalue weighted by Gasteiger charge is -2.10. The number of nitrogens with one attached hydrogen (secondary N) is 1. The van der Waals surface area contributed by atoms with Crippen molar-refractivity contribution < 1.29 is 4.79 Å². The first-order chi connectivity index (χ1) is 14.1. The second-order valence-electron chi connectivity index (χ2n) is 6.52. The molecule has 0 aliphatic rings. The van der Waals surface area contributed by atoms with Gasteiger partial charge in [0.1, 0.15) is 16.0 Å². The van der Waals surface area contributed by atoms with Crippen molar-refractivity contribution in [2.75, 3.05) is 5.32 Å². The van der Waals surface area contributed by atoms with Crippen LogP contribution < -0.4 is 5.32 Å². The number of hydrogen-bond acceptors (Lipinski definition) is 8. The zero-order chi connectivity index (χ0) is 20.0. The molecule has 0 atom stereocenters. The number of nitrogens with zero attached hydrogens (tertiary/aromatic N) is 6. The Kier molecular flexibility index (Phi) is 4.29. The zero-order valence-corrected chi connectivity index (χ0v) is 17.2. The molecule has 10 heteroatoms.